The molecule has 0 saturated heterocycles. The van der Waals surface area contributed by atoms with Crippen molar-refractivity contribution in [3.63, 3.8) is 0 Å². The number of nitrogens with zero attached hydrogens (tertiary/aromatic N) is 4. The molecule has 8 nitrogen and oxygen atoms in total. The number of furan rings is 1. The van der Waals surface area contributed by atoms with Crippen molar-refractivity contribution in [1.82, 2.24) is 25.4 Å². The Balaban J connectivity index is 0.00000341. The Morgan fingerprint density at radius 3 is 2.48 bits per heavy atom. The van der Waals surface area contributed by atoms with Crippen molar-refractivity contribution < 1.29 is 9.15 Å². The van der Waals surface area contributed by atoms with E-state index in [1.165, 1.54) is 5.56 Å². The molecule has 0 saturated carbocycles. The fourth-order valence-corrected chi connectivity index (χ4v) is 2.97. The van der Waals surface area contributed by atoms with Crippen LogP contribution in [0.3, 0.4) is 0 Å². The van der Waals surface area contributed by atoms with Crippen molar-refractivity contribution >= 4 is 29.9 Å². The van der Waals surface area contributed by atoms with E-state index in [0.717, 1.165) is 41.9 Å². The minimum atomic E-state index is -0.0211. The zero-order valence-electron chi connectivity index (χ0n) is 18.7. The summed E-state index contributed by atoms with van der Waals surface area (Å²) < 4.78 is 12.9. The molecule has 0 aliphatic heterocycles. The second-order valence-electron chi connectivity index (χ2n) is 7.23. The number of guanidine groups is 1. The number of rotatable bonds is 8. The molecular weight excluding hydrogens is 507 g/mol. The third-order valence-corrected chi connectivity index (χ3v) is 4.97. The number of hydrogen-bond acceptors (Lipinski definition) is 5. The fourth-order valence-electron chi connectivity index (χ4n) is 2.97. The van der Waals surface area contributed by atoms with Crippen molar-refractivity contribution in [1.29, 1.82) is 0 Å². The van der Waals surface area contributed by atoms with Gasteiger partial charge in [-0.1, -0.05) is 12.1 Å². The molecule has 1 aromatic carbocycles. The van der Waals surface area contributed by atoms with Crippen LogP contribution in [0.5, 0.6) is 5.75 Å². The number of hydrogen-bond donors (Lipinski definition) is 2. The van der Waals surface area contributed by atoms with Gasteiger partial charge in [0.05, 0.1) is 13.2 Å². The van der Waals surface area contributed by atoms with Gasteiger partial charge in [0.25, 0.3) is 0 Å². The minimum Gasteiger partial charge on any atom is -0.497 e. The Labute approximate surface area is 200 Å². The van der Waals surface area contributed by atoms with Crippen molar-refractivity contribution in [3.8, 4) is 5.75 Å². The number of methoxy groups -OCH3 is 1. The van der Waals surface area contributed by atoms with Crippen molar-refractivity contribution in [3.05, 3.63) is 65.1 Å². The molecule has 0 amide bonds. The summed E-state index contributed by atoms with van der Waals surface area (Å²) in [7, 11) is 3.61. The van der Waals surface area contributed by atoms with Crippen LogP contribution in [0.2, 0.25) is 0 Å². The van der Waals surface area contributed by atoms with E-state index in [-0.39, 0.29) is 30.0 Å². The van der Waals surface area contributed by atoms with Crippen molar-refractivity contribution in [2.75, 3.05) is 13.7 Å². The number of nitrogens with one attached hydrogen (secondary N) is 2. The highest BCUT2D eigenvalue weighted by Crippen LogP contribution is 2.15. The molecule has 0 aliphatic rings. The molecule has 9 heteroatoms. The second kappa shape index (κ2) is 11.7. The first-order valence-electron chi connectivity index (χ1n) is 10.0. The molecular formula is C22H31IN6O2. The summed E-state index contributed by atoms with van der Waals surface area (Å²) in [6.07, 6.45) is 0.863. The van der Waals surface area contributed by atoms with Gasteiger partial charge >= 0.3 is 0 Å². The maximum atomic E-state index is 5.74. The molecule has 0 radical (unpaired) electrons. The first kappa shape index (κ1) is 24.7. The quantitative estimate of drug-likeness (QED) is 0.259. The molecule has 1 atom stereocenters. The van der Waals surface area contributed by atoms with Gasteiger partial charge in [0, 0.05) is 13.6 Å². The SMILES string of the molecule is COc1ccc(CCNC(=NCc2nnc(C)n2C)NC(C)c2ccc(C)o2)cc1.I. The molecule has 31 heavy (non-hydrogen) atoms. The minimum absolute atomic E-state index is 0. The molecule has 0 fully saturated rings. The van der Waals surface area contributed by atoms with Crippen LogP contribution < -0.4 is 15.4 Å². The van der Waals surface area contributed by atoms with Crippen LogP contribution in [0.4, 0.5) is 0 Å². The highest BCUT2D eigenvalue weighted by atomic mass is 127. The average molecular weight is 538 g/mol. The average Bonchev–Trinajstić information content (AvgIpc) is 3.32. The van der Waals surface area contributed by atoms with Gasteiger partial charge in [0.2, 0.25) is 0 Å². The number of aliphatic imine (C=N–C) groups is 1. The third-order valence-electron chi connectivity index (χ3n) is 4.97. The number of ether oxygens (including phenoxy) is 1. The highest BCUT2D eigenvalue weighted by Gasteiger charge is 2.12. The molecule has 0 aliphatic carbocycles. The van der Waals surface area contributed by atoms with E-state index in [2.05, 4.69) is 33.0 Å². The molecule has 2 aromatic heterocycles. The maximum Gasteiger partial charge on any atom is 0.192 e. The van der Waals surface area contributed by atoms with E-state index in [1.807, 2.05) is 56.7 Å². The number of aryl methyl sites for hydroxylation is 2. The van der Waals surface area contributed by atoms with Gasteiger partial charge in [-0.2, -0.15) is 0 Å². The maximum absolute atomic E-state index is 5.74. The number of benzene rings is 1. The largest absolute Gasteiger partial charge is 0.497 e. The fraction of sp³-hybridized carbons (Fsp3) is 0.409. The zero-order chi connectivity index (χ0) is 21.5. The summed E-state index contributed by atoms with van der Waals surface area (Å²) in [4.78, 5) is 4.71. The lowest BCUT2D eigenvalue weighted by atomic mass is 10.1. The normalized spacial score (nSPS) is 12.2. The monoisotopic (exact) mass is 538 g/mol. The summed E-state index contributed by atoms with van der Waals surface area (Å²) in [6.45, 7) is 7.08. The van der Waals surface area contributed by atoms with Crippen LogP contribution >= 0.6 is 24.0 Å². The highest BCUT2D eigenvalue weighted by molar-refractivity contribution is 14.0. The lowest BCUT2D eigenvalue weighted by Gasteiger charge is -2.17. The van der Waals surface area contributed by atoms with E-state index in [1.54, 1.807) is 7.11 Å². The van der Waals surface area contributed by atoms with Crippen LogP contribution in [0.15, 0.2) is 45.8 Å². The van der Waals surface area contributed by atoms with Gasteiger partial charge in [-0.15, -0.1) is 34.2 Å². The number of aromatic nitrogens is 3. The Bertz CT molecular complexity index is 980. The molecule has 2 N–H and O–H groups in total. The van der Waals surface area contributed by atoms with Gasteiger partial charge in [-0.25, -0.2) is 4.99 Å². The summed E-state index contributed by atoms with van der Waals surface area (Å²) in [5, 5.41) is 15.1. The predicted octanol–water partition coefficient (Wildman–Crippen LogP) is 3.69. The van der Waals surface area contributed by atoms with Gasteiger partial charge in [-0.3, -0.25) is 0 Å². The Hall–Kier alpha value is -2.56. The van der Waals surface area contributed by atoms with Gasteiger partial charge < -0.3 is 24.4 Å². The molecule has 168 valence electrons. The summed E-state index contributed by atoms with van der Waals surface area (Å²) in [6, 6.07) is 12.0. The van der Waals surface area contributed by atoms with Crippen LogP contribution in [0.1, 0.15) is 41.7 Å². The second-order valence-corrected chi connectivity index (χ2v) is 7.23. The van der Waals surface area contributed by atoms with Crippen LogP contribution in [0, 0.1) is 13.8 Å². The summed E-state index contributed by atoms with van der Waals surface area (Å²) in [5.74, 6) is 4.99. The predicted molar refractivity (Wildman–Crippen MR) is 132 cm³/mol. The molecule has 0 bridgehead atoms. The lowest BCUT2D eigenvalue weighted by Crippen LogP contribution is -2.39. The van der Waals surface area contributed by atoms with E-state index in [0.29, 0.717) is 12.5 Å². The van der Waals surface area contributed by atoms with Gasteiger partial charge in [0.1, 0.15) is 29.6 Å². The molecule has 2 heterocycles. The number of halogens is 1. The topological polar surface area (TPSA) is 89.5 Å². The lowest BCUT2D eigenvalue weighted by molar-refractivity contribution is 0.414. The Morgan fingerprint density at radius 2 is 1.90 bits per heavy atom. The first-order chi connectivity index (χ1) is 14.5. The summed E-state index contributed by atoms with van der Waals surface area (Å²) >= 11 is 0. The first-order valence-corrected chi connectivity index (χ1v) is 10.0. The van der Waals surface area contributed by atoms with Crippen molar-refractivity contribution in [2.45, 2.75) is 39.8 Å². The Kier molecular flexibility index (Phi) is 9.35. The van der Waals surface area contributed by atoms with Crippen LogP contribution in [-0.4, -0.2) is 34.4 Å². The van der Waals surface area contributed by atoms with E-state index in [9.17, 15) is 0 Å². The van der Waals surface area contributed by atoms with Gasteiger partial charge in [0.15, 0.2) is 11.8 Å². The van der Waals surface area contributed by atoms with E-state index >= 15 is 0 Å². The van der Waals surface area contributed by atoms with E-state index in [4.69, 9.17) is 14.1 Å². The van der Waals surface area contributed by atoms with E-state index < -0.39 is 0 Å². The smallest absolute Gasteiger partial charge is 0.192 e. The molecule has 3 rings (SSSR count). The molecule has 3 aromatic rings. The van der Waals surface area contributed by atoms with Crippen molar-refractivity contribution in [2.24, 2.45) is 12.0 Å². The van der Waals surface area contributed by atoms with Gasteiger partial charge in [-0.05, 0) is 57.0 Å². The third kappa shape index (κ3) is 6.98. The standard InChI is InChI=1S/C22H30N6O2.HI/c1-15-6-11-20(30-15)16(2)25-22(24-14-21-27-26-17(3)28(21)4)23-13-12-18-7-9-19(29-5)10-8-18;/h6-11,16H,12-14H2,1-5H3,(H2,23,24,25);1H. The summed E-state index contributed by atoms with van der Waals surface area (Å²) in [5.41, 5.74) is 1.22. The zero-order valence-corrected chi connectivity index (χ0v) is 21.0. The Morgan fingerprint density at radius 1 is 1.16 bits per heavy atom. The molecule has 1 unspecified atom stereocenters. The van der Waals surface area contributed by atoms with Crippen LogP contribution in [0.25, 0.3) is 0 Å². The van der Waals surface area contributed by atoms with Crippen LogP contribution in [-0.2, 0) is 20.0 Å². The molecule has 0 spiro atoms.